The molecule has 2 heterocycles. The maximum atomic E-state index is 13.4. The number of alkyl halides is 3. The van der Waals surface area contributed by atoms with Crippen LogP contribution in [0.3, 0.4) is 0 Å². The number of aliphatic carboxylic acids is 1. The van der Waals surface area contributed by atoms with Crippen molar-refractivity contribution in [3.8, 4) is 0 Å². The number of rotatable bonds is 9. The number of nitrogens with zero attached hydrogens (tertiary/aromatic N) is 3. The summed E-state index contributed by atoms with van der Waals surface area (Å²) in [6.07, 6.45) is -1.92. The lowest BCUT2D eigenvalue weighted by molar-refractivity contribution is -0.192. The molecule has 0 unspecified atom stereocenters. The predicted octanol–water partition coefficient (Wildman–Crippen LogP) is 2.35. The van der Waals surface area contributed by atoms with Crippen LogP contribution in [-0.4, -0.2) is 105 Å². The summed E-state index contributed by atoms with van der Waals surface area (Å²) in [6, 6.07) is 7.09. The largest absolute Gasteiger partial charge is 0.490 e. The third-order valence-electron chi connectivity index (χ3n) is 6.29. The molecule has 0 aromatic heterocycles. The van der Waals surface area contributed by atoms with Crippen LogP contribution in [0, 0.1) is 0 Å². The summed E-state index contributed by atoms with van der Waals surface area (Å²) in [5, 5.41) is 10.4. The molecule has 1 amide bonds. The fraction of sp³-hybridized carbons (Fsp3) is 0.667. The Morgan fingerprint density at radius 1 is 1.05 bits per heavy atom. The van der Waals surface area contributed by atoms with Crippen LogP contribution in [0.1, 0.15) is 44.6 Å². The fourth-order valence-electron chi connectivity index (χ4n) is 4.10. The van der Waals surface area contributed by atoms with E-state index in [4.69, 9.17) is 9.90 Å². The van der Waals surface area contributed by atoms with Crippen LogP contribution in [0.5, 0.6) is 0 Å². The van der Waals surface area contributed by atoms with Gasteiger partial charge in [-0.05, 0) is 62.5 Å². The zero-order valence-corrected chi connectivity index (χ0v) is 22.2. The first kappa shape index (κ1) is 31.0. The standard InChI is InChI=1S/C22H36N4O3S.C2HF3O2/c1-19(2)20-6-8-21(9-7-20)30(28,29)26(15-5-14-24-12-3-4-13-24)18-22(27)25-16-10-23-11-17-25;3-2(4,5)1(6)7/h6-9,19,23H,3-5,10-18H2,1-2H3;(H,6,7). The molecule has 2 aliphatic rings. The van der Waals surface area contributed by atoms with Crippen molar-refractivity contribution in [3.05, 3.63) is 29.8 Å². The van der Waals surface area contributed by atoms with Crippen LogP contribution in [0.25, 0.3) is 0 Å². The molecule has 2 aliphatic heterocycles. The van der Waals surface area contributed by atoms with Crippen LogP contribution >= 0.6 is 0 Å². The first-order valence-electron chi connectivity index (χ1n) is 12.4. The van der Waals surface area contributed by atoms with E-state index in [0.29, 0.717) is 25.6 Å². The van der Waals surface area contributed by atoms with Gasteiger partial charge in [-0.25, -0.2) is 13.2 Å². The molecule has 13 heteroatoms. The average molecular weight is 551 g/mol. The SMILES string of the molecule is CC(C)c1ccc(S(=O)(=O)N(CCCN2CCCC2)CC(=O)N2CCNCC2)cc1.O=C(O)C(F)(F)F. The van der Waals surface area contributed by atoms with E-state index in [1.54, 1.807) is 17.0 Å². The van der Waals surface area contributed by atoms with Crippen molar-refractivity contribution < 1.29 is 36.3 Å². The topological polar surface area (TPSA) is 110 Å². The first-order chi connectivity index (χ1) is 17.3. The average Bonchev–Trinajstić information content (AvgIpc) is 3.37. The Hall–Kier alpha value is -2.22. The van der Waals surface area contributed by atoms with Crippen molar-refractivity contribution in [2.45, 2.75) is 50.1 Å². The highest BCUT2D eigenvalue weighted by Crippen LogP contribution is 2.21. The molecule has 2 saturated heterocycles. The minimum atomic E-state index is -5.08. The molecule has 9 nitrogen and oxygen atoms in total. The van der Waals surface area contributed by atoms with Crippen molar-refractivity contribution in [2.24, 2.45) is 0 Å². The van der Waals surface area contributed by atoms with Gasteiger partial charge in [0.15, 0.2) is 0 Å². The van der Waals surface area contributed by atoms with Gasteiger partial charge >= 0.3 is 12.1 Å². The lowest BCUT2D eigenvalue weighted by atomic mass is 10.0. The van der Waals surface area contributed by atoms with E-state index in [0.717, 1.165) is 44.7 Å². The molecule has 0 spiro atoms. The molecule has 1 aromatic carbocycles. The molecular formula is C24H37F3N4O5S. The Balaban J connectivity index is 0.000000604. The Kier molecular flexibility index (Phi) is 11.8. The van der Waals surface area contributed by atoms with Crippen molar-refractivity contribution in [1.82, 2.24) is 19.4 Å². The Morgan fingerprint density at radius 3 is 2.08 bits per heavy atom. The summed E-state index contributed by atoms with van der Waals surface area (Å²) in [6.45, 7) is 10.3. The van der Waals surface area contributed by atoms with Gasteiger partial charge in [0, 0.05) is 32.7 Å². The third kappa shape index (κ3) is 9.87. The van der Waals surface area contributed by atoms with E-state index >= 15 is 0 Å². The normalized spacial score (nSPS) is 17.1. The molecule has 3 rings (SSSR count). The van der Waals surface area contributed by atoms with Crippen molar-refractivity contribution in [1.29, 1.82) is 0 Å². The number of hydrogen-bond acceptors (Lipinski definition) is 6. The van der Waals surface area contributed by atoms with Gasteiger partial charge < -0.3 is 20.2 Å². The zero-order chi connectivity index (χ0) is 27.6. The van der Waals surface area contributed by atoms with Crippen LogP contribution in [0.2, 0.25) is 0 Å². The summed E-state index contributed by atoms with van der Waals surface area (Å²) in [5.41, 5.74) is 1.10. The van der Waals surface area contributed by atoms with Gasteiger partial charge in [-0.15, -0.1) is 0 Å². The van der Waals surface area contributed by atoms with Crippen molar-refractivity contribution in [2.75, 3.05) is 58.9 Å². The summed E-state index contributed by atoms with van der Waals surface area (Å²) < 4.78 is 59.9. The van der Waals surface area contributed by atoms with E-state index in [-0.39, 0.29) is 17.3 Å². The van der Waals surface area contributed by atoms with Crippen LogP contribution in [0.15, 0.2) is 29.2 Å². The van der Waals surface area contributed by atoms with Crippen LogP contribution in [-0.2, 0) is 19.6 Å². The molecule has 0 radical (unpaired) electrons. The lowest BCUT2D eigenvalue weighted by Gasteiger charge is -2.30. The highest BCUT2D eigenvalue weighted by Gasteiger charge is 2.38. The number of amides is 1. The van der Waals surface area contributed by atoms with Gasteiger partial charge in [-0.1, -0.05) is 26.0 Å². The number of carbonyl (C=O) groups is 2. The highest BCUT2D eigenvalue weighted by atomic mass is 32.2. The number of likely N-dealkylation sites (tertiary alicyclic amines) is 1. The van der Waals surface area contributed by atoms with Gasteiger partial charge in [-0.2, -0.15) is 17.5 Å². The number of halogens is 3. The molecule has 0 bridgehead atoms. The highest BCUT2D eigenvalue weighted by molar-refractivity contribution is 7.89. The number of carbonyl (C=O) groups excluding carboxylic acids is 1. The lowest BCUT2D eigenvalue weighted by Crippen LogP contribution is -2.50. The van der Waals surface area contributed by atoms with E-state index in [9.17, 15) is 26.4 Å². The molecule has 37 heavy (non-hydrogen) atoms. The minimum absolute atomic E-state index is 0.0890. The maximum Gasteiger partial charge on any atom is 0.490 e. The third-order valence-corrected chi connectivity index (χ3v) is 8.15. The summed E-state index contributed by atoms with van der Waals surface area (Å²) in [4.78, 5) is 26.1. The van der Waals surface area contributed by atoms with Crippen LogP contribution < -0.4 is 5.32 Å². The minimum Gasteiger partial charge on any atom is -0.475 e. The summed E-state index contributed by atoms with van der Waals surface area (Å²) in [7, 11) is -3.72. The number of carboxylic acids is 1. The number of sulfonamides is 1. The number of carboxylic acid groups (broad SMARTS) is 1. The number of nitrogens with one attached hydrogen (secondary N) is 1. The molecule has 0 saturated carbocycles. The zero-order valence-electron chi connectivity index (χ0n) is 21.3. The van der Waals surface area contributed by atoms with Gasteiger partial charge in [0.05, 0.1) is 11.4 Å². The Bertz CT molecular complexity index is 975. The van der Waals surface area contributed by atoms with E-state index in [1.165, 1.54) is 17.1 Å². The van der Waals surface area contributed by atoms with Crippen LogP contribution in [0.4, 0.5) is 13.2 Å². The predicted molar refractivity (Wildman–Crippen MR) is 133 cm³/mol. The second-order valence-corrected chi connectivity index (χ2v) is 11.3. The fourth-order valence-corrected chi connectivity index (χ4v) is 5.53. The summed E-state index contributed by atoms with van der Waals surface area (Å²) in [5.74, 6) is -2.53. The molecule has 0 aliphatic carbocycles. The number of piperazine rings is 1. The second-order valence-electron chi connectivity index (χ2n) is 9.40. The van der Waals surface area contributed by atoms with E-state index in [2.05, 4.69) is 24.1 Å². The Labute approximate surface area is 216 Å². The van der Waals surface area contributed by atoms with E-state index < -0.39 is 22.2 Å². The Morgan fingerprint density at radius 2 is 1.59 bits per heavy atom. The van der Waals surface area contributed by atoms with Gasteiger partial charge in [-0.3, -0.25) is 4.79 Å². The van der Waals surface area contributed by atoms with Gasteiger partial charge in [0.25, 0.3) is 0 Å². The van der Waals surface area contributed by atoms with Gasteiger partial charge in [0.2, 0.25) is 15.9 Å². The molecule has 1 aromatic rings. The smallest absolute Gasteiger partial charge is 0.475 e. The molecule has 2 fully saturated rings. The maximum absolute atomic E-state index is 13.4. The molecule has 210 valence electrons. The quantitative estimate of drug-likeness (QED) is 0.486. The summed E-state index contributed by atoms with van der Waals surface area (Å²) >= 11 is 0. The molecular weight excluding hydrogens is 513 g/mol. The number of hydrogen-bond donors (Lipinski definition) is 2. The molecule has 2 N–H and O–H groups in total. The number of benzene rings is 1. The second kappa shape index (κ2) is 14.1. The van der Waals surface area contributed by atoms with Gasteiger partial charge in [0.1, 0.15) is 0 Å². The van der Waals surface area contributed by atoms with Crippen molar-refractivity contribution >= 4 is 21.9 Å². The van der Waals surface area contributed by atoms with E-state index in [1.807, 2.05) is 12.1 Å². The monoisotopic (exact) mass is 550 g/mol. The van der Waals surface area contributed by atoms with Crippen molar-refractivity contribution in [3.63, 3.8) is 0 Å². The molecule has 0 atom stereocenters. The first-order valence-corrected chi connectivity index (χ1v) is 13.9.